The fourth-order valence-electron chi connectivity index (χ4n) is 2.80. The van der Waals surface area contributed by atoms with Gasteiger partial charge in [-0.15, -0.1) is 0 Å². The molecule has 68 valence electrons. The van der Waals surface area contributed by atoms with E-state index in [4.69, 9.17) is 0 Å². The number of Topliss-reactive ketones (excluding diaryl/α,β-unsaturated/α-hetero) is 1. The van der Waals surface area contributed by atoms with Crippen LogP contribution in [0.15, 0.2) is 0 Å². The van der Waals surface area contributed by atoms with E-state index >= 15 is 0 Å². The van der Waals surface area contributed by atoms with Gasteiger partial charge in [0.1, 0.15) is 5.78 Å². The zero-order valence-corrected chi connectivity index (χ0v) is 7.92. The van der Waals surface area contributed by atoms with Crippen molar-refractivity contribution in [3.8, 4) is 0 Å². The van der Waals surface area contributed by atoms with Gasteiger partial charge in [0.2, 0.25) is 0 Å². The average molecular weight is 167 g/mol. The molecule has 3 saturated carbocycles. The van der Waals surface area contributed by atoms with E-state index in [9.17, 15) is 4.79 Å². The van der Waals surface area contributed by atoms with Gasteiger partial charge in [0.25, 0.3) is 0 Å². The summed E-state index contributed by atoms with van der Waals surface area (Å²) in [5, 5.41) is 0. The minimum absolute atomic E-state index is 0.366. The zero-order valence-electron chi connectivity index (χ0n) is 7.92. The maximum atomic E-state index is 11.5. The Morgan fingerprint density at radius 3 is 2.50 bits per heavy atom. The van der Waals surface area contributed by atoms with Gasteiger partial charge in [0.05, 0.1) is 0 Å². The first-order chi connectivity index (χ1) is 5.68. The third kappa shape index (κ3) is 1.18. The van der Waals surface area contributed by atoms with Crippen LogP contribution in [0, 0.1) is 11.8 Å². The summed E-state index contributed by atoms with van der Waals surface area (Å²) in [6.45, 7) is 0. The Bertz CT molecular complexity index is 200. The minimum atomic E-state index is 0.366. The first-order valence-electron chi connectivity index (χ1n) is 4.87. The molecule has 0 spiro atoms. The molecule has 0 amide bonds. The lowest BCUT2D eigenvalue weighted by Crippen LogP contribution is -2.48. The van der Waals surface area contributed by atoms with E-state index in [0.717, 1.165) is 12.8 Å². The summed E-state index contributed by atoms with van der Waals surface area (Å²) in [5.74, 6) is 1.59. The van der Waals surface area contributed by atoms with Crippen molar-refractivity contribution >= 4 is 5.78 Å². The number of rotatable bonds is 1. The number of hydrogen-bond acceptors (Lipinski definition) is 2. The van der Waals surface area contributed by atoms with Crippen LogP contribution in [0.5, 0.6) is 0 Å². The van der Waals surface area contributed by atoms with Gasteiger partial charge in [-0.05, 0) is 39.3 Å². The van der Waals surface area contributed by atoms with Crippen LogP contribution < -0.4 is 0 Å². The van der Waals surface area contributed by atoms with Crippen LogP contribution in [-0.2, 0) is 4.79 Å². The maximum Gasteiger partial charge on any atom is 0.137 e. The monoisotopic (exact) mass is 167 g/mol. The highest BCUT2D eigenvalue weighted by Crippen LogP contribution is 2.40. The second-order valence-electron chi connectivity index (χ2n) is 4.49. The van der Waals surface area contributed by atoms with Gasteiger partial charge in [-0.2, -0.15) is 0 Å². The predicted octanol–water partition coefficient (Wildman–Crippen LogP) is 1.31. The largest absolute Gasteiger partial charge is 0.306 e. The molecule has 0 aromatic rings. The van der Waals surface area contributed by atoms with Crippen LogP contribution in [0.3, 0.4) is 0 Å². The molecule has 0 radical (unpaired) electrons. The summed E-state index contributed by atoms with van der Waals surface area (Å²) in [5.41, 5.74) is 0. The van der Waals surface area contributed by atoms with Gasteiger partial charge in [0.15, 0.2) is 0 Å². The normalized spacial score (nSPS) is 40.9. The molecule has 3 aliphatic carbocycles. The Morgan fingerprint density at radius 2 is 2.08 bits per heavy atom. The molecule has 0 heterocycles. The SMILES string of the molecule is CN(C)C1CC2CCC1C(=O)C2. The van der Waals surface area contributed by atoms with Crippen molar-refractivity contribution < 1.29 is 4.79 Å². The molecular weight excluding hydrogens is 150 g/mol. The smallest absolute Gasteiger partial charge is 0.137 e. The summed E-state index contributed by atoms with van der Waals surface area (Å²) in [7, 11) is 4.19. The number of ketones is 1. The lowest BCUT2D eigenvalue weighted by molar-refractivity contribution is -0.132. The molecule has 2 nitrogen and oxygen atoms in total. The molecule has 0 aromatic carbocycles. The van der Waals surface area contributed by atoms with Crippen molar-refractivity contribution in [2.24, 2.45) is 11.8 Å². The Balaban J connectivity index is 2.14. The van der Waals surface area contributed by atoms with Crippen LogP contribution in [0.1, 0.15) is 25.7 Å². The van der Waals surface area contributed by atoms with Crippen molar-refractivity contribution in [1.82, 2.24) is 4.90 Å². The summed E-state index contributed by atoms with van der Waals surface area (Å²) in [6.07, 6.45) is 4.56. The van der Waals surface area contributed by atoms with Crippen LogP contribution in [0.4, 0.5) is 0 Å². The van der Waals surface area contributed by atoms with Crippen LogP contribution in [-0.4, -0.2) is 30.8 Å². The van der Waals surface area contributed by atoms with E-state index in [1.54, 1.807) is 0 Å². The number of nitrogens with zero attached hydrogens (tertiary/aromatic N) is 1. The minimum Gasteiger partial charge on any atom is -0.306 e. The molecule has 0 aliphatic heterocycles. The van der Waals surface area contributed by atoms with E-state index < -0.39 is 0 Å². The Kier molecular flexibility index (Phi) is 1.95. The predicted molar refractivity (Wildman–Crippen MR) is 47.9 cm³/mol. The topological polar surface area (TPSA) is 20.3 Å². The highest BCUT2D eigenvalue weighted by Gasteiger charge is 2.41. The molecule has 3 fully saturated rings. The molecular formula is C10H17NO. The van der Waals surface area contributed by atoms with Gasteiger partial charge >= 0.3 is 0 Å². The maximum absolute atomic E-state index is 11.5. The fraction of sp³-hybridized carbons (Fsp3) is 0.900. The van der Waals surface area contributed by atoms with E-state index in [-0.39, 0.29) is 0 Å². The highest BCUT2D eigenvalue weighted by atomic mass is 16.1. The number of hydrogen-bond donors (Lipinski definition) is 0. The molecule has 3 rings (SSSR count). The Hall–Kier alpha value is -0.370. The van der Waals surface area contributed by atoms with Crippen LogP contribution in [0.25, 0.3) is 0 Å². The summed E-state index contributed by atoms with van der Waals surface area (Å²) < 4.78 is 0. The van der Waals surface area contributed by atoms with Gasteiger partial charge < -0.3 is 4.90 Å². The first-order valence-corrected chi connectivity index (χ1v) is 4.87. The second kappa shape index (κ2) is 2.84. The fourth-order valence-corrected chi connectivity index (χ4v) is 2.80. The van der Waals surface area contributed by atoms with E-state index in [1.807, 2.05) is 0 Å². The van der Waals surface area contributed by atoms with Crippen molar-refractivity contribution in [3.63, 3.8) is 0 Å². The number of carbonyl (C=O) groups excluding carboxylic acids is 1. The van der Waals surface area contributed by atoms with E-state index in [2.05, 4.69) is 19.0 Å². The quantitative estimate of drug-likeness (QED) is 0.587. The van der Waals surface area contributed by atoms with Gasteiger partial charge in [-0.25, -0.2) is 0 Å². The standard InChI is InChI=1S/C10H17NO/c1-11(2)9-5-7-3-4-8(9)10(12)6-7/h7-9H,3-6H2,1-2H3. The van der Waals surface area contributed by atoms with Gasteiger partial charge in [0, 0.05) is 18.4 Å². The summed E-state index contributed by atoms with van der Waals surface area (Å²) in [6, 6.07) is 0.546. The third-order valence-electron chi connectivity index (χ3n) is 3.49. The third-order valence-corrected chi connectivity index (χ3v) is 3.49. The van der Waals surface area contributed by atoms with Gasteiger partial charge in [-0.1, -0.05) is 0 Å². The summed E-state index contributed by atoms with van der Waals surface area (Å²) >= 11 is 0. The number of carbonyl (C=O) groups is 1. The highest BCUT2D eigenvalue weighted by molar-refractivity contribution is 5.83. The van der Waals surface area contributed by atoms with Crippen molar-refractivity contribution in [3.05, 3.63) is 0 Å². The molecule has 0 N–H and O–H groups in total. The molecule has 3 unspecified atom stereocenters. The van der Waals surface area contributed by atoms with Gasteiger partial charge in [-0.3, -0.25) is 4.79 Å². The number of fused-ring (bicyclic) bond motifs is 3. The lowest BCUT2D eigenvalue weighted by atomic mass is 9.67. The molecule has 12 heavy (non-hydrogen) atoms. The van der Waals surface area contributed by atoms with E-state index in [0.29, 0.717) is 23.7 Å². The van der Waals surface area contributed by atoms with Crippen molar-refractivity contribution in [2.75, 3.05) is 14.1 Å². The lowest BCUT2D eigenvalue weighted by Gasteiger charge is -2.44. The van der Waals surface area contributed by atoms with Crippen LogP contribution >= 0.6 is 0 Å². The average Bonchev–Trinajstić information content (AvgIpc) is 2.04. The zero-order chi connectivity index (χ0) is 8.72. The molecule has 0 aromatic heterocycles. The molecule has 2 heteroatoms. The van der Waals surface area contributed by atoms with Crippen molar-refractivity contribution in [2.45, 2.75) is 31.7 Å². The Labute approximate surface area is 73.9 Å². The summed E-state index contributed by atoms with van der Waals surface area (Å²) in [4.78, 5) is 13.8. The molecule has 3 atom stereocenters. The molecule has 3 aliphatic rings. The molecule has 2 bridgehead atoms. The first kappa shape index (κ1) is 8.24. The van der Waals surface area contributed by atoms with Crippen LogP contribution in [0.2, 0.25) is 0 Å². The van der Waals surface area contributed by atoms with E-state index in [1.165, 1.54) is 12.8 Å². The van der Waals surface area contributed by atoms with Crippen molar-refractivity contribution in [1.29, 1.82) is 0 Å². The molecule has 0 saturated heterocycles. The Morgan fingerprint density at radius 1 is 1.33 bits per heavy atom. The second-order valence-corrected chi connectivity index (χ2v) is 4.49.